The number of nitrogens with one attached hydrogen (secondary N) is 1. The molecule has 0 radical (unpaired) electrons. The van der Waals surface area contributed by atoms with E-state index in [1.54, 1.807) is 38.1 Å². The Morgan fingerprint density at radius 3 is 2.60 bits per heavy atom. The lowest BCUT2D eigenvalue weighted by Gasteiger charge is -2.22. The minimum absolute atomic E-state index is 0.0613. The lowest BCUT2D eigenvalue weighted by Crippen LogP contribution is -2.46. The van der Waals surface area contributed by atoms with Gasteiger partial charge in [0.05, 0.1) is 18.6 Å². The van der Waals surface area contributed by atoms with E-state index in [-0.39, 0.29) is 17.7 Å². The van der Waals surface area contributed by atoms with Crippen LogP contribution in [-0.4, -0.2) is 46.7 Å². The van der Waals surface area contributed by atoms with Gasteiger partial charge in [-0.05, 0) is 25.5 Å². The number of urea groups is 1. The summed E-state index contributed by atoms with van der Waals surface area (Å²) >= 11 is 0. The van der Waals surface area contributed by atoms with Crippen LogP contribution in [0.3, 0.4) is 0 Å². The van der Waals surface area contributed by atoms with Crippen LogP contribution in [0.2, 0.25) is 0 Å². The van der Waals surface area contributed by atoms with E-state index in [1.165, 1.54) is 19.2 Å². The van der Waals surface area contributed by atoms with Crippen LogP contribution in [0.15, 0.2) is 42.5 Å². The number of carbonyl (C=O) groups is 3. The Labute approximate surface area is 172 Å². The van der Waals surface area contributed by atoms with Crippen molar-refractivity contribution in [3.05, 3.63) is 69.3 Å². The molecule has 3 amide bonds. The van der Waals surface area contributed by atoms with E-state index in [9.17, 15) is 24.5 Å². The summed E-state index contributed by atoms with van der Waals surface area (Å²) in [4.78, 5) is 49.4. The SMILES string of the molecule is COc1ccccc1C[C@@]1(C)NC(=O)N(CC(=O)c2ccc(C)c([N+](=O)[O-])c2)C1=O. The van der Waals surface area contributed by atoms with Crippen molar-refractivity contribution in [1.82, 2.24) is 10.2 Å². The molecule has 0 unspecified atom stereocenters. The third-order valence-electron chi connectivity index (χ3n) is 5.11. The molecule has 1 aliphatic heterocycles. The number of ketones is 1. The van der Waals surface area contributed by atoms with Crippen LogP contribution in [0.5, 0.6) is 5.75 Å². The molecular weight excluding hydrogens is 390 g/mol. The van der Waals surface area contributed by atoms with Crippen molar-refractivity contribution in [1.29, 1.82) is 0 Å². The molecule has 1 atom stereocenters. The number of rotatable bonds is 7. The summed E-state index contributed by atoms with van der Waals surface area (Å²) in [7, 11) is 1.52. The van der Waals surface area contributed by atoms with Gasteiger partial charge in [0, 0.05) is 23.6 Å². The summed E-state index contributed by atoms with van der Waals surface area (Å²) in [6, 6.07) is 10.5. The Kier molecular flexibility index (Phi) is 5.55. The minimum atomic E-state index is -1.24. The third-order valence-corrected chi connectivity index (χ3v) is 5.11. The zero-order chi connectivity index (χ0) is 22.1. The molecule has 156 valence electrons. The summed E-state index contributed by atoms with van der Waals surface area (Å²) in [5.41, 5.74) is -0.231. The van der Waals surface area contributed by atoms with Crippen LogP contribution in [0, 0.1) is 17.0 Å². The predicted molar refractivity (Wildman–Crippen MR) is 108 cm³/mol. The van der Waals surface area contributed by atoms with E-state index in [2.05, 4.69) is 5.32 Å². The summed E-state index contributed by atoms with van der Waals surface area (Å²) in [5, 5.41) is 13.8. The molecule has 0 bridgehead atoms. The Morgan fingerprint density at radius 2 is 1.93 bits per heavy atom. The number of nitro benzene ring substituents is 1. The van der Waals surface area contributed by atoms with Crippen LogP contribution in [0.25, 0.3) is 0 Å². The molecule has 1 aliphatic rings. The summed E-state index contributed by atoms with van der Waals surface area (Å²) < 4.78 is 5.31. The van der Waals surface area contributed by atoms with Gasteiger partial charge in [0.15, 0.2) is 5.78 Å². The summed E-state index contributed by atoms with van der Waals surface area (Å²) in [6.45, 7) is 2.64. The quantitative estimate of drug-likeness (QED) is 0.324. The van der Waals surface area contributed by atoms with Gasteiger partial charge in [-0.2, -0.15) is 0 Å². The van der Waals surface area contributed by atoms with Crippen LogP contribution in [-0.2, 0) is 11.2 Å². The second kappa shape index (κ2) is 7.94. The number of benzene rings is 2. The number of hydrogen-bond donors (Lipinski definition) is 1. The number of carbonyl (C=O) groups excluding carboxylic acids is 3. The molecule has 0 aromatic heterocycles. The molecule has 9 nitrogen and oxygen atoms in total. The molecule has 1 heterocycles. The normalized spacial score (nSPS) is 18.3. The second-order valence-electron chi connectivity index (χ2n) is 7.32. The van der Waals surface area contributed by atoms with E-state index in [0.717, 1.165) is 16.5 Å². The molecule has 2 aromatic rings. The van der Waals surface area contributed by atoms with Crippen LogP contribution in [0.4, 0.5) is 10.5 Å². The zero-order valence-corrected chi connectivity index (χ0v) is 16.8. The van der Waals surface area contributed by atoms with E-state index in [4.69, 9.17) is 4.74 Å². The minimum Gasteiger partial charge on any atom is -0.496 e. The van der Waals surface area contributed by atoms with Crippen molar-refractivity contribution in [2.75, 3.05) is 13.7 Å². The van der Waals surface area contributed by atoms with Gasteiger partial charge in [0.2, 0.25) is 0 Å². The number of nitro groups is 1. The molecule has 2 aromatic carbocycles. The molecule has 9 heteroatoms. The highest BCUT2D eigenvalue weighted by molar-refractivity contribution is 6.11. The number of imide groups is 1. The van der Waals surface area contributed by atoms with Crippen molar-refractivity contribution < 1.29 is 24.0 Å². The van der Waals surface area contributed by atoms with Gasteiger partial charge in [0.25, 0.3) is 11.6 Å². The van der Waals surface area contributed by atoms with Crippen molar-refractivity contribution in [3.8, 4) is 5.75 Å². The smallest absolute Gasteiger partial charge is 0.325 e. The first kappa shape index (κ1) is 21.0. The highest BCUT2D eigenvalue weighted by Gasteiger charge is 2.48. The first-order chi connectivity index (χ1) is 14.2. The van der Waals surface area contributed by atoms with Crippen molar-refractivity contribution >= 4 is 23.4 Å². The molecule has 0 aliphatic carbocycles. The van der Waals surface area contributed by atoms with Gasteiger partial charge in [-0.1, -0.05) is 30.3 Å². The topological polar surface area (TPSA) is 119 Å². The number of hydrogen-bond acceptors (Lipinski definition) is 6. The number of methoxy groups -OCH3 is 1. The fourth-order valence-electron chi connectivity index (χ4n) is 3.45. The van der Waals surface area contributed by atoms with Gasteiger partial charge in [-0.15, -0.1) is 0 Å². The monoisotopic (exact) mass is 411 g/mol. The Balaban J connectivity index is 1.80. The highest BCUT2D eigenvalue weighted by Crippen LogP contribution is 2.28. The molecule has 1 saturated heterocycles. The van der Waals surface area contributed by atoms with Crippen molar-refractivity contribution in [3.63, 3.8) is 0 Å². The number of ether oxygens (including phenoxy) is 1. The lowest BCUT2D eigenvalue weighted by atomic mass is 9.92. The standard InChI is InChI=1S/C21H21N3O6/c1-13-8-9-14(10-16(13)24(28)29)17(25)12-23-19(26)21(2,22-20(23)27)11-15-6-4-5-7-18(15)30-3/h4-10H,11-12H2,1-3H3,(H,22,27)/t21-/m1/s1. The molecule has 1 fully saturated rings. The van der Waals surface area contributed by atoms with Gasteiger partial charge in [-0.25, -0.2) is 4.79 Å². The average Bonchev–Trinajstić information content (AvgIpc) is 2.91. The second-order valence-corrected chi connectivity index (χ2v) is 7.32. The summed E-state index contributed by atoms with van der Waals surface area (Å²) in [6.07, 6.45) is 0.183. The third kappa shape index (κ3) is 3.86. The van der Waals surface area contributed by atoms with E-state index in [1.807, 2.05) is 0 Å². The number of amides is 3. The molecule has 0 spiro atoms. The molecule has 3 rings (SSSR count). The lowest BCUT2D eigenvalue weighted by molar-refractivity contribution is -0.385. The fraction of sp³-hybridized carbons (Fsp3) is 0.286. The maximum atomic E-state index is 13.0. The molecule has 0 saturated carbocycles. The van der Waals surface area contributed by atoms with Crippen LogP contribution in [0.1, 0.15) is 28.4 Å². The molecule has 1 N–H and O–H groups in total. The van der Waals surface area contributed by atoms with Crippen molar-refractivity contribution in [2.45, 2.75) is 25.8 Å². The van der Waals surface area contributed by atoms with E-state index < -0.39 is 34.7 Å². The average molecular weight is 411 g/mol. The van der Waals surface area contributed by atoms with Gasteiger partial charge < -0.3 is 10.1 Å². The maximum Gasteiger partial charge on any atom is 0.325 e. The first-order valence-electron chi connectivity index (χ1n) is 9.20. The van der Waals surface area contributed by atoms with Gasteiger partial charge >= 0.3 is 6.03 Å². The Hall–Kier alpha value is -3.75. The van der Waals surface area contributed by atoms with E-state index in [0.29, 0.717) is 11.3 Å². The maximum absolute atomic E-state index is 13.0. The number of nitrogens with zero attached hydrogens (tertiary/aromatic N) is 2. The largest absolute Gasteiger partial charge is 0.496 e. The van der Waals surface area contributed by atoms with Gasteiger partial charge in [-0.3, -0.25) is 24.6 Å². The van der Waals surface area contributed by atoms with Crippen LogP contribution < -0.4 is 10.1 Å². The number of para-hydroxylation sites is 1. The zero-order valence-electron chi connectivity index (χ0n) is 16.8. The summed E-state index contributed by atoms with van der Waals surface area (Å²) in [5.74, 6) is -0.529. The fourth-order valence-corrected chi connectivity index (χ4v) is 3.45. The Bertz CT molecular complexity index is 1050. The van der Waals surface area contributed by atoms with Gasteiger partial charge in [0.1, 0.15) is 11.3 Å². The Morgan fingerprint density at radius 1 is 1.23 bits per heavy atom. The molecular formula is C21H21N3O6. The van der Waals surface area contributed by atoms with E-state index >= 15 is 0 Å². The van der Waals surface area contributed by atoms with Crippen LogP contribution >= 0.6 is 0 Å². The molecule has 30 heavy (non-hydrogen) atoms. The predicted octanol–water partition coefficient (Wildman–Crippen LogP) is 2.65. The first-order valence-corrected chi connectivity index (χ1v) is 9.20. The highest BCUT2D eigenvalue weighted by atomic mass is 16.6. The van der Waals surface area contributed by atoms with Crippen molar-refractivity contribution in [2.24, 2.45) is 0 Å². The number of Topliss-reactive ketones (excluding diaryl/α,β-unsaturated/α-hetero) is 1. The number of aryl methyl sites for hydroxylation is 1.